The Bertz CT molecular complexity index is 496. The molecule has 0 saturated heterocycles. The summed E-state index contributed by atoms with van der Waals surface area (Å²) in [5.41, 5.74) is 1.75. The van der Waals surface area contributed by atoms with Gasteiger partial charge in [0, 0.05) is 5.69 Å². The molecule has 0 unspecified atom stereocenters. The van der Waals surface area contributed by atoms with Crippen molar-refractivity contribution in [3.05, 3.63) is 66.2 Å². The van der Waals surface area contributed by atoms with Crippen molar-refractivity contribution in [2.24, 2.45) is 0 Å². The van der Waals surface area contributed by atoms with Crippen LogP contribution in [0, 0.1) is 0 Å². The van der Waals surface area contributed by atoms with Crippen LogP contribution in [0.2, 0.25) is 0 Å². The smallest absolute Gasteiger partial charge is 0.256 e. The molecule has 0 aliphatic heterocycles. The number of benzene rings is 2. The van der Waals surface area contributed by atoms with Crippen LogP contribution >= 0.6 is 0 Å². The normalized spacial score (nSPS) is 10.1. The first kappa shape index (κ1) is 12.3. The number of nitrogens with zero attached hydrogens (tertiary/aromatic N) is 1. The van der Waals surface area contributed by atoms with E-state index in [2.05, 4.69) is 0 Å². The summed E-state index contributed by atoms with van der Waals surface area (Å²) in [6, 6.07) is 18.9. The summed E-state index contributed by atoms with van der Waals surface area (Å²) in [7, 11) is 0. The van der Waals surface area contributed by atoms with Gasteiger partial charge in [-0.25, -0.2) is 5.11 Å². The van der Waals surface area contributed by atoms with Gasteiger partial charge in [-0.05, 0) is 17.7 Å². The van der Waals surface area contributed by atoms with E-state index in [9.17, 15) is 9.90 Å². The van der Waals surface area contributed by atoms with Crippen LogP contribution in [0.25, 0.3) is 0 Å². The van der Waals surface area contributed by atoms with Crippen LogP contribution in [0.5, 0.6) is 0 Å². The van der Waals surface area contributed by atoms with E-state index >= 15 is 0 Å². The molecule has 0 aliphatic rings. The first-order valence-electron chi connectivity index (χ1n) is 5.78. The van der Waals surface area contributed by atoms with E-state index in [-0.39, 0.29) is 0 Å². The molecule has 1 amide bonds. The Kier molecular flexibility index (Phi) is 4.10. The van der Waals surface area contributed by atoms with Crippen LogP contribution in [0.4, 0.5) is 5.69 Å². The summed E-state index contributed by atoms with van der Waals surface area (Å²) < 4.78 is 0. The molecule has 91 valence electrons. The molecule has 0 aromatic heterocycles. The fourth-order valence-corrected chi connectivity index (χ4v) is 1.78. The number of carbonyl (C=O) groups excluding carboxylic acids is 1. The second-order valence-corrected chi connectivity index (χ2v) is 3.95. The Balaban J connectivity index is 2.24. The van der Waals surface area contributed by atoms with Crippen molar-refractivity contribution in [2.75, 3.05) is 11.5 Å². The van der Waals surface area contributed by atoms with Gasteiger partial charge in [0.25, 0.3) is 5.91 Å². The highest BCUT2D eigenvalue weighted by Gasteiger charge is 2.15. The Morgan fingerprint density at radius 2 is 1.44 bits per heavy atom. The summed E-state index contributed by atoms with van der Waals surface area (Å²) >= 11 is 0. The maximum absolute atomic E-state index is 11.7. The summed E-state index contributed by atoms with van der Waals surface area (Å²) in [6.45, 7) is -0.312. The highest BCUT2D eigenvalue weighted by molar-refractivity contribution is 5.93. The third-order valence-electron chi connectivity index (χ3n) is 2.68. The molecule has 2 aromatic carbocycles. The van der Waals surface area contributed by atoms with E-state index in [0.29, 0.717) is 6.54 Å². The lowest BCUT2D eigenvalue weighted by atomic mass is 10.2. The van der Waals surface area contributed by atoms with Gasteiger partial charge in [0.1, 0.15) is 0 Å². The average Bonchev–Trinajstić information content (AvgIpc) is 2.46. The zero-order chi connectivity index (χ0) is 12.8. The lowest BCUT2D eigenvalue weighted by Crippen LogP contribution is -2.32. The summed E-state index contributed by atoms with van der Waals surface area (Å²) in [5, 5.41) is 10.8. The van der Waals surface area contributed by atoms with E-state index in [1.165, 1.54) is 4.90 Å². The minimum Gasteiger partial charge on any atom is -0.306 e. The van der Waals surface area contributed by atoms with Crippen molar-refractivity contribution >= 4 is 11.6 Å². The van der Waals surface area contributed by atoms with Crippen LogP contribution in [-0.2, 0) is 16.4 Å². The Morgan fingerprint density at radius 3 is 2.00 bits per heavy atom. The Morgan fingerprint density at radius 1 is 0.889 bits per heavy atom. The minimum atomic E-state index is -0.734. The molecule has 0 aliphatic carbocycles. The number of anilines is 1. The molecule has 0 fully saturated rings. The van der Waals surface area contributed by atoms with Crippen LogP contribution in [0.1, 0.15) is 5.56 Å². The van der Waals surface area contributed by atoms with Gasteiger partial charge in [0.2, 0.25) is 0 Å². The molecule has 0 spiro atoms. The van der Waals surface area contributed by atoms with Gasteiger partial charge in [-0.2, -0.15) is 0 Å². The van der Waals surface area contributed by atoms with E-state index in [1.54, 1.807) is 0 Å². The highest BCUT2D eigenvalue weighted by Crippen LogP contribution is 2.16. The predicted molar refractivity (Wildman–Crippen MR) is 69.6 cm³/mol. The third-order valence-corrected chi connectivity index (χ3v) is 2.68. The van der Waals surface area contributed by atoms with Gasteiger partial charge in [-0.1, -0.05) is 48.5 Å². The largest absolute Gasteiger partial charge is 0.306 e. The van der Waals surface area contributed by atoms with E-state index in [4.69, 9.17) is 0 Å². The molecule has 0 saturated carbocycles. The molecule has 1 radical (unpaired) electrons. The molecule has 0 N–H and O–H groups in total. The van der Waals surface area contributed by atoms with E-state index in [0.717, 1.165) is 11.3 Å². The molecule has 3 nitrogen and oxygen atoms in total. The number of rotatable bonds is 4. The van der Waals surface area contributed by atoms with Gasteiger partial charge in [0.15, 0.2) is 6.61 Å². The van der Waals surface area contributed by atoms with Crippen LogP contribution in [0.3, 0.4) is 0 Å². The number of hydrogen-bond acceptors (Lipinski definition) is 1. The number of amides is 1. The van der Waals surface area contributed by atoms with E-state index < -0.39 is 12.5 Å². The number of hydrogen-bond donors (Lipinski definition) is 0. The number of para-hydroxylation sites is 1. The van der Waals surface area contributed by atoms with Crippen LogP contribution in [0.15, 0.2) is 60.7 Å². The second kappa shape index (κ2) is 5.98. The van der Waals surface area contributed by atoms with Crippen molar-refractivity contribution in [1.29, 1.82) is 0 Å². The average molecular weight is 240 g/mol. The maximum atomic E-state index is 11.7. The zero-order valence-corrected chi connectivity index (χ0v) is 9.95. The Labute approximate surface area is 106 Å². The summed E-state index contributed by atoms with van der Waals surface area (Å²) in [5.74, 6) is -0.412. The SMILES string of the molecule is [O]CC(=O)N(Cc1ccccc1)c1ccccc1. The monoisotopic (exact) mass is 240 g/mol. The fourth-order valence-electron chi connectivity index (χ4n) is 1.78. The van der Waals surface area contributed by atoms with E-state index in [1.807, 2.05) is 60.7 Å². The quantitative estimate of drug-likeness (QED) is 0.809. The topological polar surface area (TPSA) is 40.2 Å². The van der Waals surface area contributed by atoms with Crippen LogP contribution in [-0.4, -0.2) is 12.5 Å². The molecule has 0 atom stereocenters. The summed E-state index contributed by atoms with van der Waals surface area (Å²) in [4.78, 5) is 13.2. The molecule has 18 heavy (non-hydrogen) atoms. The van der Waals surface area contributed by atoms with Crippen molar-refractivity contribution in [3.63, 3.8) is 0 Å². The second-order valence-electron chi connectivity index (χ2n) is 3.95. The highest BCUT2D eigenvalue weighted by atomic mass is 16.3. The molecular weight excluding hydrogens is 226 g/mol. The van der Waals surface area contributed by atoms with Gasteiger partial charge in [-0.3, -0.25) is 4.79 Å². The maximum Gasteiger partial charge on any atom is 0.256 e. The van der Waals surface area contributed by atoms with Crippen LogP contribution < -0.4 is 4.90 Å². The number of carbonyl (C=O) groups is 1. The molecule has 0 bridgehead atoms. The molecule has 3 heteroatoms. The van der Waals surface area contributed by atoms with Gasteiger partial charge >= 0.3 is 0 Å². The first-order valence-corrected chi connectivity index (χ1v) is 5.78. The van der Waals surface area contributed by atoms with Gasteiger partial charge in [-0.15, -0.1) is 0 Å². The Hall–Kier alpha value is -2.13. The minimum absolute atomic E-state index is 0.412. The first-order chi connectivity index (χ1) is 8.81. The molecular formula is C15H14NO2. The molecule has 2 aromatic rings. The lowest BCUT2D eigenvalue weighted by molar-refractivity contribution is -0.123. The van der Waals surface area contributed by atoms with Crippen molar-refractivity contribution in [1.82, 2.24) is 0 Å². The molecule has 0 heterocycles. The van der Waals surface area contributed by atoms with Gasteiger partial charge < -0.3 is 4.90 Å². The van der Waals surface area contributed by atoms with Crippen molar-refractivity contribution in [2.45, 2.75) is 6.54 Å². The lowest BCUT2D eigenvalue weighted by Gasteiger charge is -2.21. The third kappa shape index (κ3) is 2.96. The summed E-state index contributed by atoms with van der Waals surface area (Å²) in [6.07, 6.45) is 0. The predicted octanol–water partition coefficient (Wildman–Crippen LogP) is 2.65. The standard InChI is InChI=1S/C15H14NO2/c17-12-15(18)16(14-9-5-2-6-10-14)11-13-7-3-1-4-8-13/h1-10H,11-12H2. The molecule has 2 rings (SSSR count). The van der Waals surface area contributed by atoms with Crippen molar-refractivity contribution < 1.29 is 9.90 Å². The van der Waals surface area contributed by atoms with Crippen molar-refractivity contribution in [3.8, 4) is 0 Å². The van der Waals surface area contributed by atoms with Gasteiger partial charge in [0.05, 0.1) is 6.54 Å². The zero-order valence-electron chi connectivity index (χ0n) is 9.95. The fraction of sp³-hybridized carbons (Fsp3) is 0.133.